The summed E-state index contributed by atoms with van der Waals surface area (Å²) in [5.41, 5.74) is 0.666. The van der Waals surface area contributed by atoms with Crippen molar-refractivity contribution in [1.29, 1.82) is 0 Å². The Morgan fingerprint density at radius 1 is 1.12 bits per heavy atom. The van der Waals surface area contributed by atoms with Gasteiger partial charge in [-0.2, -0.15) is 0 Å². The number of methoxy groups -OCH3 is 2. The summed E-state index contributed by atoms with van der Waals surface area (Å²) in [4.78, 5) is 12.4. The fraction of sp³-hybridized carbons (Fsp3) is 0.278. The van der Waals surface area contributed by atoms with Crippen molar-refractivity contribution in [3.8, 4) is 17.2 Å². The number of benzene rings is 2. The number of rotatable bonds is 7. The molecule has 0 aliphatic rings. The number of sulfone groups is 1. The van der Waals surface area contributed by atoms with E-state index in [9.17, 15) is 18.3 Å². The zero-order chi connectivity index (χ0) is 19.3. The molecule has 0 aliphatic carbocycles. The van der Waals surface area contributed by atoms with Crippen LogP contribution in [0.25, 0.3) is 0 Å². The van der Waals surface area contributed by atoms with Crippen LogP contribution < -0.4 is 14.8 Å². The highest BCUT2D eigenvalue weighted by Gasteiger charge is 2.16. The van der Waals surface area contributed by atoms with E-state index < -0.39 is 15.7 Å². The molecule has 2 aromatic rings. The van der Waals surface area contributed by atoms with Crippen LogP contribution in [0, 0.1) is 0 Å². The van der Waals surface area contributed by atoms with E-state index in [1.807, 2.05) is 0 Å². The predicted octanol–water partition coefficient (Wildman–Crippen LogP) is 2.38. The normalized spacial score (nSPS) is 11.0. The Labute approximate surface area is 152 Å². The Bertz CT molecular complexity index is 908. The minimum atomic E-state index is -3.45. The predicted molar refractivity (Wildman–Crippen MR) is 97.7 cm³/mol. The Kier molecular flexibility index (Phi) is 6.10. The molecule has 0 saturated heterocycles. The topological polar surface area (TPSA) is 102 Å². The summed E-state index contributed by atoms with van der Waals surface area (Å²) in [5.74, 6) is 0.380. The van der Waals surface area contributed by atoms with Crippen molar-refractivity contribution in [3.63, 3.8) is 0 Å². The second kappa shape index (κ2) is 8.09. The number of hydrogen-bond donors (Lipinski definition) is 2. The van der Waals surface area contributed by atoms with Crippen LogP contribution in [-0.2, 0) is 21.1 Å². The highest BCUT2D eigenvalue weighted by molar-refractivity contribution is 7.91. The zero-order valence-corrected chi connectivity index (χ0v) is 15.6. The van der Waals surface area contributed by atoms with Gasteiger partial charge in [-0.1, -0.05) is 13.0 Å². The summed E-state index contributed by atoms with van der Waals surface area (Å²) in [5, 5.41) is 12.4. The van der Waals surface area contributed by atoms with E-state index >= 15 is 0 Å². The Balaban J connectivity index is 2.22. The van der Waals surface area contributed by atoms with Gasteiger partial charge in [-0.15, -0.1) is 0 Å². The van der Waals surface area contributed by atoms with E-state index in [0.717, 1.165) is 0 Å². The maximum Gasteiger partial charge on any atom is 0.229 e. The van der Waals surface area contributed by atoms with Crippen molar-refractivity contribution in [2.75, 3.05) is 25.3 Å². The van der Waals surface area contributed by atoms with Gasteiger partial charge in [0.25, 0.3) is 0 Å². The van der Waals surface area contributed by atoms with Gasteiger partial charge in [0.1, 0.15) is 17.2 Å². The largest absolute Gasteiger partial charge is 0.506 e. The van der Waals surface area contributed by atoms with E-state index in [1.54, 1.807) is 18.2 Å². The molecule has 140 valence electrons. The molecule has 0 spiro atoms. The molecule has 26 heavy (non-hydrogen) atoms. The number of phenolic OH excluding ortho intramolecular Hbond substituents is 1. The number of amides is 1. The van der Waals surface area contributed by atoms with Crippen LogP contribution in [0.4, 0.5) is 5.69 Å². The van der Waals surface area contributed by atoms with Gasteiger partial charge in [0, 0.05) is 11.6 Å². The molecule has 0 fully saturated rings. The van der Waals surface area contributed by atoms with Gasteiger partial charge in [0.15, 0.2) is 9.84 Å². The molecule has 0 aromatic heterocycles. The average Bonchev–Trinajstić information content (AvgIpc) is 2.63. The maximum atomic E-state index is 12.3. The second-order valence-electron chi connectivity index (χ2n) is 5.49. The molecule has 2 aromatic carbocycles. The first-order valence-electron chi connectivity index (χ1n) is 7.87. The molecule has 0 unspecified atom stereocenters. The molecule has 8 heteroatoms. The molecule has 0 radical (unpaired) electrons. The number of hydrogen-bond acceptors (Lipinski definition) is 6. The van der Waals surface area contributed by atoms with Crippen LogP contribution in [-0.4, -0.2) is 39.4 Å². The molecule has 2 N–H and O–H groups in total. The van der Waals surface area contributed by atoms with Gasteiger partial charge in [-0.25, -0.2) is 8.42 Å². The number of nitrogens with one attached hydrogen (secondary N) is 1. The third kappa shape index (κ3) is 4.45. The number of anilines is 1. The quantitative estimate of drug-likeness (QED) is 0.716. The maximum absolute atomic E-state index is 12.3. The van der Waals surface area contributed by atoms with Crippen LogP contribution in [0.15, 0.2) is 41.3 Å². The van der Waals surface area contributed by atoms with Crippen molar-refractivity contribution in [1.82, 2.24) is 0 Å². The van der Waals surface area contributed by atoms with Crippen molar-refractivity contribution < 1.29 is 27.8 Å². The van der Waals surface area contributed by atoms with Gasteiger partial charge in [-0.3, -0.25) is 4.79 Å². The molecule has 7 nitrogen and oxygen atoms in total. The van der Waals surface area contributed by atoms with E-state index in [1.165, 1.54) is 39.3 Å². The van der Waals surface area contributed by atoms with Gasteiger partial charge < -0.3 is 19.9 Å². The van der Waals surface area contributed by atoms with Gasteiger partial charge >= 0.3 is 0 Å². The van der Waals surface area contributed by atoms with Crippen LogP contribution in [0.3, 0.4) is 0 Å². The lowest BCUT2D eigenvalue weighted by molar-refractivity contribution is -0.115. The summed E-state index contributed by atoms with van der Waals surface area (Å²) in [6, 6.07) is 8.86. The molecule has 1 amide bonds. The van der Waals surface area contributed by atoms with E-state index in [2.05, 4.69) is 5.32 Å². The van der Waals surface area contributed by atoms with Crippen LogP contribution in [0.5, 0.6) is 17.2 Å². The fourth-order valence-electron chi connectivity index (χ4n) is 2.34. The summed E-state index contributed by atoms with van der Waals surface area (Å²) < 4.78 is 34.3. The summed E-state index contributed by atoms with van der Waals surface area (Å²) in [6.45, 7) is 1.52. The molecular formula is C18H21NO6S. The van der Waals surface area contributed by atoms with Gasteiger partial charge in [-0.05, 0) is 24.3 Å². The van der Waals surface area contributed by atoms with Crippen molar-refractivity contribution in [2.24, 2.45) is 0 Å². The van der Waals surface area contributed by atoms with Gasteiger partial charge in [0.2, 0.25) is 5.91 Å². The van der Waals surface area contributed by atoms with Crippen molar-refractivity contribution in [2.45, 2.75) is 18.2 Å². The fourth-order valence-corrected chi connectivity index (χ4v) is 3.25. The van der Waals surface area contributed by atoms with E-state index in [4.69, 9.17) is 9.47 Å². The molecule has 2 rings (SSSR count). The first-order valence-corrected chi connectivity index (χ1v) is 9.52. The lowest BCUT2D eigenvalue weighted by atomic mass is 10.1. The first kappa shape index (κ1) is 19.6. The van der Waals surface area contributed by atoms with Crippen LogP contribution in [0.1, 0.15) is 12.5 Å². The molecule has 0 saturated carbocycles. The lowest BCUT2D eigenvalue weighted by Gasteiger charge is -2.12. The smallest absolute Gasteiger partial charge is 0.229 e. The molecule has 0 bridgehead atoms. The Morgan fingerprint density at radius 2 is 1.85 bits per heavy atom. The third-order valence-corrected chi connectivity index (χ3v) is 5.56. The minimum absolute atomic E-state index is 0.0165. The van der Waals surface area contributed by atoms with Crippen LogP contribution >= 0.6 is 0 Å². The lowest BCUT2D eigenvalue weighted by Crippen LogP contribution is -2.15. The molecule has 0 aliphatic heterocycles. The highest BCUT2D eigenvalue weighted by Crippen LogP contribution is 2.28. The minimum Gasteiger partial charge on any atom is -0.506 e. The monoisotopic (exact) mass is 379 g/mol. The number of phenols is 1. The van der Waals surface area contributed by atoms with Crippen molar-refractivity contribution >= 4 is 21.4 Å². The Morgan fingerprint density at radius 3 is 2.46 bits per heavy atom. The number of carbonyl (C=O) groups is 1. The number of carbonyl (C=O) groups excluding carboxylic acids is 1. The third-order valence-electron chi connectivity index (χ3n) is 3.83. The van der Waals surface area contributed by atoms with Crippen molar-refractivity contribution in [3.05, 3.63) is 42.0 Å². The number of ether oxygens (including phenoxy) is 2. The SMILES string of the molecule is CCS(=O)(=O)c1ccc(O)c(NC(=O)Cc2ccc(OC)cc2OC)c1. The highest BCUT2D eigenvalue weighted by atomic mass is 32.2. The summed E-state index contributed by atoms with van der Waals surface area (Å²) >= 11 is 0. The Hall–Kier alpha value is -2.74. The van der Waals surface area contributed by atoms with Gasteiger partial charge in [0.05, 0.1) is 37.0 Å². The molecular weight excluding hydrogens is 358 g/mol. The first-order chi connectivity index (χ1) is 12.3. The van der Waals surface area contributed by atoms with E-state index in [0.29, 0.717) is 17.1 Å². The summed E-state index contributed by atoms with van der Waals surface area (Å²) in [7, 11) is -0.431. The van der Waals surface area contributed by atoms with Crippen LogP contribution in [0.2, 0.25) is 0 Å². The zero-order valence-electron chi connectivity index (χ0n) is 14.8. The summed E-state index contributed by atoms with van der Waals surface area (Å²) in [6.07, 6.45) is -0.0165. The second-order valence-corrected chi connectivity index (χ2v) is 7.76. The molecule has 0 atom stereocenters. The van der Waals surface area contributed by atoms with E-state index in [-0.39, 0.29) is 28.5 Å². The number of aromatic hydroxyl groups is 1. The average molecular weight is 379 g/mol. The standard InChI is InChI=1S/C18H21NO6S/c1-4-26(22,23)14-7-8-16(20)15(11-14)19-18(21)9-12-5-6-13(24-2)10-17(12)25-3/h5-8,10-11,20H,4,9H2,1-3H3,(H,19,21). The molecule has 0 heterocycles.